The lowest BCUT2D eigenvalue weighted by Gasteiger charge is -2.44. The van der Waals surface area contributed by atoms with Gasteiger partial charge in [-0.1, -0.05) is 60.2 Å². The average molecular weight is 469 g/mol. The highest BCUT2D eigenvalue weighted by Crippen LogP contribution is 2.43. The Hall–Kier alpha value is -3.28. The molecule has 1 aliphatic heterocycles. The Kier molecular flexibility index (Phi) is 6.30. The van der Waals surface area contributed by atoms with Crippen molar-refractivity contribution < 1.29 is 14.3 Å². The summed E-state index contributed by atoms with van der Waals surface area (Å²) in [6.45, 7) is 10.4. The molecule has 5 nitrogen and oxygen atoms in total. The van der Waals surface area contributed by atoms with E-state index in [0.717, 1.165) is 19.6 Å². The van der Waals surface area contributed by atoms with Crippen LogP contribution in [0.1, 0.15) is 49.9 Å². The zero-order valence-corrected chi connectivity index (χ0v) is 20.7. The van der Waals surface area contributed by atoms with E-state index >= 15 is 0 Å². The first-order chi connectivity index (χ1) is 16.9. The Morgan fingerprint density at radius 3 is 2.14 bits per heavy atom. The van der Waals surface area contributed by atoms with Crippen molar-refractivity contribution in [2.75, 3.05) is 32.8 Å². The molecule has 0 aromatic heterocycles. The molecule has 1 saturated heterocycles. The molecule has 3 aromatic carbocycles. The second-order valence-electron chi connectivity index (χ2n) is 9.57. The summed E-state index contributed by atoms with van der Waals surface area (Å²) in [7, 11) is 0. The number of aryl methyl sites for hydroxylation is 2. The van der Waals surface area contributed by atoms with Crippen LogP contribution < -0.4 is 4.74 Å². The van der Waals surface area contributed by atoms with E-state index in [0.29, 0.717) is 42.1 Å². The van der Waals surface area contributed by atoms with Crippen LogP contribution in [-0.4, -0.2) is 54.2 Å². The lowest BCUT2D eigenvalue weighted by atomic mass is 9.82. The molecule has 0 atom stereocenters. The number of benzene rings is 3. The van der Waals surface area contributed by atoms with Crippen LogP contribution in [0.25, 0.3) is 0 Å². The minimum Gasteiger partial charge on any atom is -0.494 e. The number of ketones is 2. The van der Waals surface area contributed by atoms with Gasteiger partial charge in [0.15, 0.2) is 17.1 Å². The van der Waals surface area contributed by atoms with E-state index in [1.807, 2.05) is 43.3 Å². The molecular formula is C30H32N2O3. The monoisotopic (exact) mass is 468 g/mol. The van der Waals surface area contributed by atoms with Gasteiger partial charge in [-0.25, -0.2) is 0 Å². The summed E-state index contributed by atoms with van der Waals surface area (Å²) >= 11 is 0. The maximum atomic E-state index is 14.0. The number of ether oxygens (including phenoxy) is 1. The second kappa shape index (κ2) is 9.40. The third-order valence-corrected chi connectivity index (χ3v) is 7.38. The summed E-state index contributed by atoms with van der Waals surface area (Å²) in [6, 6.07) is 21.3. The van der Waals surface area contributed by atoms with Crippen molar-refractivity contribution in [1.29, 1.82) is 0 Å². The summed E-state index contributed by atoms with van der Waals surface area (Å²) < 4.78 is 5.74. The molecule has 180 valence electrons. The van der Waals surface area contributed by atoms with Gasteiger partial charge in [-0.15, -0.1) is 0 Å². The van der Waals surface area contributed by atoms with Gasteiger partial charge >= 0.3 is 0 Å². The zero-order valence-electron chi connectivity index (χ0n) is 20.7. The Morgan fingerprint density at radius 1 is 0.829 bits per heavy atom. The van der Waals surface area contributed by atoms with Crippen molar-refractivity contribution in [2.45, 2.75) is 32.9 Å². The first-order valence-corrected chi connectivity index (χ1v) is 12.4. The summed E-state index contributed by atoms with van der Waals surface area (Å²) in [6.07, 6.45) is 0. The predicted molar refractivity (Wildman–Crippen MR) is 137 cm³/mol. The zero-order chi connectivity index (χ0) is 24.6. The molecule has 0 amide bonds. The fourth-order valence-corrected chi connectivity index (χ4v) is 5.59. The van der Waals surface area contributed by atoms with Gasteiger partial charge in [-0.3, -0.25) is 19.4 Å². The highest BCUT2D eigenvalue weighted by molar-refractivity contribution is 6.32. The number of Topliss-reactive ketones (excluding diaryl/α,β-unsaturated/α-hetero) is 2. The SMILES string of the molecule is CCOc1cccc(C2(N3CCN(Cc4ccc(C)cc4C)CC3)C(=O)c3ccccc3C2=O)c1. The van der Waals surface area contributed by atoms with Gasteiger partial charge in [0.2, 0.25) is 0 Å². The maximum absolute atomic E-state index is 14.0. The summed E-state index contributed by atoms with van der Waals surface area (Å²) in [4.78, 5) is 32.6. The first kappa shape index (κ1) is 23.5. The van der Waals surface area contributed by atoms with E-state index in [9.17, 15) is 9.59 Å². The largest absolute Gasteiger partial charge is 0.494 e. The molecule has 0 unspecified atom stereocenters. The van der Waals surface area contributed by atoms with Crippen LogP contribution in [0.2, 0.25) is 0 Å². The number of hydrogen-bond acceptors (Lipinski definition) is 5. The molecular weight excluding hydrogens is 436 g/mol. The smallest absolute Gasteiger partial charge is 0.196 e. The van der Waals surface area contributed by atoms with E-state index in [2.05, 4.69) is 41.8 Å². The van der Waals surface area contributed by atoms with Crippen LogP contribution in [0.15, 0.2) is 66.7 Å². The van der Waals surface area contributed by atoms with E-state index in [-0.39, 0.29) is 11.6 Å². The predicted octanol–water partition coefficient (Wildman–Crippen LogP) is 4.79. The van der Waals surface area contributed by atoms with Gasteiger partial charge < -0.3 is 4.74 Å². The fourth-order valence-electron chi connectivity index (χ4n) is 5.59. The molecule has 0 spiro atoms. The van der Waals surface area contributed by atoms with Gasteiger partial charge in [0.25, 0.3) is 0 Å². The highest BCUT2D eigenvalue weighted by Gasteiger charge is 2.58. The molecule has 0 radical (unpaired) electrons. The molecule has 35 heavy (non-hydrogen) atoms. The topological polar surface area (TPSA) is 49.9 Å². The Labute approximate surface area is 207 Å². The fraction of sp³-hybridized carbons (Fsp3) is 0.333. The molecule has 1 aliphatic carbocycles. The van der Waals surface area contributed by atoms with Crippen molar-refractivity contribution in [3.8, 4) is 5.75 Å². The Bertz CT molecular complexity index is 1240. The van der Waals surface area contributed by atoms with E-state index < -0.39 is 5.54 Å². The van der Waals surface area contributed by atoms with Crippen LogP contribution in [0.3, 0.4) is 0 Å². The van der Waals surface area contributed by atoms with Crippen molar-refractivity contribution in [3.05, 3.63) is 100 Å². The number of rotatable bonds is 6. The Morgan fingerprint density at radius 2 is 1.51 bits per heavy atom. The minimum atomic E-state index is -1.34. The number of hydrogen-bond donors (Lipinski definition) is 0. The third kappa shape index (κ3) is 3.99. The molecule has 5 rings (SSSR count). The van der Waals surface area contributed by atoms with Crippen molar-refractivity contribution in [3.63, 3.8) is 0 Å². The number of nitrogens with zero attached hydrogens (tertiary/aromatic N) is 2. The second-order valence-corrected chi connectivity index (χ2v) is 9.57. The number of carbonyl (C=O) groups excluding carboxylic acids is 2. The van der Waals surface area contributed by atoms with E-state index in [1.54, 1.807) is 12.1 Å². The minimum absolute atomic E-state index is 0.130. The molecule has 3 aromatic rings. The molecule has 1 heterocycles. The van der Waals surface area contributed by atoms with Gasteiger partial charge in [-0.05, 0) is 49.6 Å². The van der Waals surface area contributed by atoms with E-state index in [4.69, 9.17) is 4.74 Å². The highest BCUT2D eigenvalue weighted by atomic mass is 16.5. The molecule has 1 fully saturated rings. The van der Waals surface area contributed by atoms with Crippen molar-refractivity contribution in [1.82, 2.24) is 9.80 Å². The van der Waals surface area contributed by atoms with Crippen LogP contribution >= 0.6 is 0 Å². The quantitative estimate of drug-likeness (QED) is 0.487. The molecule has 5 heteroatoms. The van der Waals surface area contributed by atoms with Gasteiger partial charge in [0, 0.05) is 43.9 Å². The summed E-state index contributed by atoms with van der Waals surface area (Å²) in [5.74, 6) is 0.415. The normalized spacial score (nSPS) is 18.0. The average Bonchev–Trinajstić information content (AvgIpc) is 3.09. The lowest BCUT2D eigenvalue weighted by Crippen LogP contribution is -2.60. The van der Waals surface area contributed by atoms with E-state index in [1.165, 1.54) is 16.7 Å². The molecule has 0 N–H and O–H groups in total. The number of piperazine rings is 1. The van der Waals surface area contributed by atoms with Crippen LogP contribution in [0, 0.1) is 13.8 Å². The van der Waals surface area contributed by atoms with Gasteiger partial charge in [-0.2, -0.15) is 0 Å². The van der Waals surface area contributed by atoms with Crippen molar-refractivity contribution in [2.24, 2.45) is 0 Å². The van der Waals surface area contributed by atoms with Crippen LogP contribution in [-0.2, 0) is 12.1 Å². The van der Waals surface area contributed by atoms with Crippen LogP contribution in [0.4, 0.5) is 0 Å². The Balaban J connectivity index is 1.47. The summed E-state index contributed by atoms with van der Waals surface area (Å²) in [5.41, 5.74) is 4.26. The number of carbonyl (C=O) groups is 2. The lowest BCUT2D eigenvalue weighted by molar-refractivity contribution is 0.0278. The first-order valence-electron chi connectivity index (χ1n) is 12.4. The molecule has 2 aliphatic rings. The van der Waals surface area contributed by atoms with Crippen molar-refractivity contribution >= 4 is 11.6 Å². The van der Waals surface area contributed by atoms with Gasteiger partial charge in [0.1, 0.15) is 5.75 Å². The number of fused-ring (bicyclic) bond motifs is 1. The van der Waals surface area contributed by atoms with Crippen LogP contribution in [0.5, 0.6) is 5.75 Å². The maximum Gasteiger partial charge on any atom is 0.196 e. The molecule has 0 saturated carbocycles. The summed E-state index contributed by atoms with van der Waals surface area (Å²) in [5, 5.41) is 0. The van der Waals surface area contributed by atoms with Gasteiger partial charge in [0.05, 0.1) is 6.61 Å². The third-order valence-electron chi connectivity index (χ3n) is 7.38. The standard InChI is InChI=1S/C30H32N2O3/c1-4-35-25-9-7-8-24(19-25)30(28(33)26-10-5-6-11-27(26)29(30)34)32-16-14-31(15-17-32)20-23-13-12-21(2)18-22(23)3/h5-13,18-19H,4,14-17,20H2,1-3H3. The molecule has 0 bridgehead atoms.